The van der Waals surface area contributed by atoms with E-state index in [1.807, 2.05) is 19.9 Å². The standard InChI is InChI=1S/C12H17NO2/c1-4-6-10-7-8-13-9(3)11(10)12(14)15-5-2/h7-8H,4-6H2,1-3H3. The van der Waals surface area contributed by atoms with E-state index in [1.54, 1.807) is 6.20 Å². The van der Waals surface area contributed by atoms with Gasteiger partial charge < -0.3 is 4.74 Å². The largest absolute Gasteiger partial charge is 0.462 e. The van der Waals surface area contributed by atoms with Crippen molar-refractivity contribution in [3.8, 4) is 0 Å². The normalized spacial score (nSPS) is 10.1. The summed E-state index contributed by atoms with van der Waals surface area (Å²) in [5.41, 5.74) is 2.42. The molecule has 0 amide bonds. The second-order valence-electron chi connectivity index (χ2n) is 3.40. The maximum atomic E-state index is 11.7. The minimum atomic E-state index is -0.258. The van der Waals surface area contributed by atoms with Gasteiger partial charge in [-0.3, -0.25) is 4.98 Å². The molecule has 0 N–H and O–H groups in total. The highest BCUT2D eigenvalue weighted by atomic mass is 16.5. The van der Waals surface area contributed by atoms with Crippen molar-refractivity contribution in [2.45, 2.75) is 33.6 Å². The van der Waals surface area contributed by atoms with Gasteiger partial charge in [-0.15, -0.1) is 0 Å². The molecule has 1 heterocycles. The highest BCUT2D eigenvalue weighted by Gasteiger charge is 2.15. The fourth-order valence-electron chi connectivity index (χ4n) is 1.58. The van der Waals surface area contributed by atoms with Crippen LogP contribution >= 0.6 is 0 Å². The van der Waals surface area contributed by atoms with Gasteiger partial charge >= 0.3 is 5.97 Å². The lowest BCUT2D eigenvalue weighted by Gasteiger charge is -2.09. The molecule has 0 saturated heterocycles. The lowest BCUT2D eigenvalue weighted by atomic mass is 10.0. The Labute approximate surface area is 90.5 Å². The Balaban J connectivity index is 3.06. The summed E-state index contributed by atoms with van der Waals surface area (Å²) in [6, 6.07) is 1.89. The number of hydrogen-bond donors (Lipinski definition) is 0. The highest BCUT2D eigenvalue weighted by molar-refractivity contribution is 5.92. The Bertz CT molecular complexity index is 347. The fraction of sp³-hybridized carbons (Fsp3) is 0.500. The van der Waals surface area contributed by atoms with Gasteiger partial charge in [0.15, 0.2) is 0 Å². The van der Waals surface area contributed by atoms with Gasteiger partial charge in [0, 0.05) is 6.20 Å². The molecule has 3 heteroatoms. The number of nitrogens with zero attached hydrogens (tertiary/aromatic N) is 1. The number of hydrogen-bond acceptors (Lipinski definition) is 3. The third-order valence-electron chi connectivity index (χ3n) is 2.23. The van der Waals surface area contributed by atoms with Crippen LogP contribution in [0.5, 0.6) is 0 Å². The van der Waals surface area contributed by atoms with Crippen molar-refractivity contribution in [2.24, 2.45) is 0 Å². The minimum absolute atomic E-state index is 0.258. The van der Waals surface area contributed by atoms with Crippen LogP contribution in [0.2, 0.25) is 0 Å². The molecular weight excluding hydrogens is 190 g/mol. The third-order valence-corrected chi connectivity index (χ3v) is 2.23. The van der Waals surface area contributed by atoms with Crippen molar-refractivity contribution in [2.75, 3.05) is 6.61 Å². The molecule has 1 aromatic rings. The molecule has 0 aliphatic heterocycles. The van der Waals surface area contributed by atoms with Gasteiger partial charge in [0.2, 0.25) is 0 Å². The van der Waals surface area contributed by atoms with Gasteiger partial charge in [-0.05, 0) is 31.9 Å². The number of aromatic nitrogens is 1. The summed E-state index contributed by atoms with van der Waals surface area (Å²) >= 11 is 0. The number of rotatable bonds is 4. The Hall–Kier alpha value is -1.38. The van der Waals surface area contributed by atoms with E-state index in [-0.39, 0.29) is 5.97 Å². The van der Waals surface area contributed by atoms with Crippen LogP contribution in [0.25, 0.3) is 0 Å². The first-order valence-corrected chi connectivity index (χ1v) is 5.32. The fourth-order valence-corrected chi connectivity index (χ4v) is 1.58. The van der Waals surface area contributed by atoms with E-state index in [4.69, 9.17) is 4.74 Å². The van der Waals surface area contributed by atoms with Crippen LogP contribution < -0.4 is 0 Å². The average molecular weight is 207 g/mol. The van der Waals surface area contributed by atoms with E-state index in [1.165, 1.54) is 0 Å². The first-order valence-electron chi connectivity index (χ1n) is 5.32. The van der Waals surface area contributed by atoms with E-state index in [0.29, 0.717) is 12.2 Å². The zero-order chi connectivity index (χ0) is 11.3. The number of esters is 1. The van der Waals surface area contributed by atoms with E-state index in [9.17, 15) is 4.79 Å². The van der Waals surface area contributed by atoms with Crippen LogP contribution in [0.4, 0.5) is 0 Å². The summed E-state index contributed by atoms with van der Waals surface area (Å²) < 4.78 is 5.02. The quantitative estimate of drug-likeness (QED) is 0.712. The molecule has 0 radical (unpaired) electrons. The molecule has 0 unspecified atom stereocenters. The molecule has 0 bridgehead atoms. The van der Waals surface area contributed by atoms with Crippen LogP contribution in [0.3, 0.4) is 0 Å². The highest BCUT2D eigenvalue weighted by Crippen LogP contribution is 2.15. The molecule has 0 fully saturated rings. The van der Waals surface area contributed by atoms with E-state index < -0.39 is 0 Å². The van der Waals surface area contributed by atoms with Crippen LogP contribution in [-0.2, 0) is 11.2 Å². The summed E-state index contributed by atoms with van der Waals surface area (Å²) in [5, 5.41) is 0. The summed E-state index contributed by atoms with van der Waals surface area (Å²) in [5.74, 6) is -0.258. The maximum absolute atomic E-state index is 11.7. The minimum Gasteiger partial charge on any atom is -0.462 e. The molecule has 3 nitrogen and oxygen atoms in total. The molecule has 15 heavy (non-hydrogen) atoms. The molecule has 1 rings (SSSR count). The van der Waals surface area contributed by atoms with Gasteiger partial charge in [0.05, 0.1) is 17.9 Å². The Morgan fingerprint density at radius 2 is 2.20 bits per heavy atom. The number of carbonyl (C=O) groups excluding carboxylic acids is 1. The van der Waals surface area contributed by atoms with Crippen LogP contribution in [-0.4, -0.2) is 17.6 Å². The number of ether oxygens (including phenoxy) is 1. The van der Waals surface area contributed by atoms with Gasteiger partial charge in [-0.1, -0.05) is 13.3 Å². The molecule has 82 valence electrons. The Kier molecular flexibility index (Phi) is 4.28. The zero-order valence-electron chi connectivity index (χ0n) is 9.54. The summed E-state index contributed by atoms with van der Waals surface area (Å²) in [6.07, 6.45) is 3.64. The summed E-state index contributed by atoms with van der Waals surface area (Å²) in [4.78, 5) is 15.8. The number of carbonyl (C=O) groups is 1. The number of pyridine rings is 1. The van der Waals surface area contributed by atoms with Gasteiger partial charge in [0.1, 0.15) is 0 Å². The zero-order valence-corrected chi connectivity index (χ0v) is 9.54. The van der Waals surface area contributed by atoms with Crippen molar-refractivity contribution < 1.29 is 9.53 Å². The Morgan fingerprint density at radius 1 is 1.47 bits per heavy atom. The van der Waals surface area contributed by atoms with E-state index in [0.717, 1.165) is 24.1 Å². The van der Waals surface area contributed by atoms with Gasteiger partial charge in [-0.25, -0.2) is 4.79 Å². The summed E-state index contributed by atoms with van der Waals surface area (Å²) in [7, 11) is 0. The smallest absolute Gasteiger partial charge is 0.340 e. The van der Waals surface area contributed by atoms with Crippen LogP contribution in [0.15, 0.2) is 12.3 Å². The SMILES string of the molecule is CCCc1ccnc(C)c1C(=O)OCC. The molecule has 0 aromatic carbocycles. The van der Waals surface area contributed by atoms with Gasteiger partial charge in [0.25, 0.3) is 0 Å². The lowest BCUT2D eigenvalue weighted by Crippen LogP contribution is -2.11. The van der Waals surface area contributed by atoms with Gasteiger partial charge in [-0.2, -0.15) is 0 Å². The van der Waals surface area contributed by atoms with E-state index >= 15 is 0 Å². The van der Waals surface area contributed by atoms with Crippen molar-refractivity contribution in [3.63, 3.8) is 0 Å². The lowest BCUT2D eigenvalue weighted by molar-refractivity contribution is 0.0523. The summed E-state index contributed by atoms with van der Waals surface area (Å²) in [6.45, 7) is 6.14. The number of aryl methyl sites for hydroxylation is 2. The molecule has 0 aliphatic carbocycles. The molecule has 0 saturated carbocycles. The second kappa shape index (κ2) is 5.49. The molecular formula is C12H17NO2. The van der Waals surface area contributed by atoms with Crippen molar-refractivity contribution in [3.05, 3.63) is 29.1 Å². The maximum Gasteiger partial charge on any atom is 0.340 e. The van der Waals surface area contributed by atoms with Crippen molar-refractivity contribution in [1.82, 2.24) is 4.98 Å². The predicted octanol–water partition coefficient (Wildman–Crippen LogP) is 2.52. The molecule has 1 aromatic heterocycles. The third kappa shape index (κ3) is 2.78. The van der Waals surface area contributed by atoms with E-state index in [2.05, 4.69) is 11.9 Å². The average Bonchev–Trinajstić information content (AvgIpc) is 2.18. The van der Waals surface area contributed by atoms with Crippen LogP contribution in [0.1, 0.15) is 41.9 Å². The topological polar surface area (TPSA) is 39.2 Å². The van der Waals surface area contributed by atoms with Crippen LogP contribution in [0, 0.1) is 6.92 Å². The van der Waals surface area contributed by atoms with Crippen molar-refractivity contribution >= 4 is 5.97 Å². The first kappa shape index (κ1) is 11.7. The molecule has 0 spiro atoms. The predicted molar refractivity (Wildman–Crippen MR) is 58.9 cm³/mol. The monoisotopic (exact) mass is 207 g/mol. The van der Waals surface area contributed by atoms with Crippen molar-refractivity contribution in [1.29, 1.82) is 0 Å². The Morgan fingerprint density at radius 3 is 2.80 bits per heavy atom. The molecule has 0 atom stereocenters. The second-order valence-corrected chi connectivity index (χ2v) is 3.40. The molecule has 0 aliphatic rings. The first-order chi connectivity index (χ1) is 7.20.